The molecule has 174 valence electrons. The fourth-order valence-electron chi connectivity index (χ4n) is 2.57. The molecule has 1 aromatic heterocycles. The van der Waals surface area contributed by atoms with Gasteiger partial charge in [0.25, 0.3) is 0 Å². The second-order valence-corrected chi connectivity index (χ2v) is 7.86. The Labute approximate surface area is 172 Å². The zero-order valence-corrected chi connectivity index (χ0v) is 17.0. The summed E-state index contributed by atoms with van der Waals surface area (Å²) in [6.45, 7) is 0.265. The Balaban J connectivity index is 2.13. The first kappa shape index (κ1) is 24.8. The molecule has 0 radical (unpaired) electrons. The van der Waals surface area contributed by atoms with Crippen LogP contribution in [0.1, 0.15) is 13.2 Å². The summed E-state index contributed by atoms with van der Waals surface area (Å²) >= 11 is 0. The van der Waals surface area contributed by atoms with Crippen molar-refractivity contribution in [2.45, 2.75) is 37.3 Å². The van der Waals surface area contributed by atoms with Gasteiger partial charge in [-0.3, -0.25) is 13.9 Å². The second kappa shape index (κ2) is 9.33. The van der Waals surface area contributed by atoms with Crippen LogP contribution >= 0.6 is 7.75 Å². The van der Waals surface area contributed by atoms with E-state index < -0.39 is 68.3 Å². The topological polar surface area (TPSA) is 204 Å². The molecule has 17 heteroatoms. The predicted molar refractivity (Wildman–Crippen MR) is 96.0 cm³/mol. The molecule has 0 spiro atoms. The molecular formula is C14H20F2N5O9P. The Morgan fingerprint density at radius 1 is 1.52 bits per heavy atom. The smallest absolute Gasteiger partial charge is 0.391 e. The number of nitrogens with one attached hydrogen (secondary N) is 2. The summed E-state index contributed by atoms with van der Waals surface area (Å²) in [5.74, 6) is -5.22. The molecule has 2 heterocycles. The fourth-order valence-corrected chi connectivity index (χ4v) is 3.60. The SMILES string of the molecule is CNC(=O)C(C)NP(=O)(O)OC[C@H]1O[C@@H](n2ccc(OC(N)=O)nc2=O)C(F)(F)[C@@H]1O. The third-order valence-electron chi connectivity index (χ3n) is 4.05. The number of nitrogens with two attached hydrogens (primary N) is 1. The Morgan fingerprint density at radius 3 is 2.71 bits per heavy atom. The third kappa shape index (κ3) is 5.81. The number of carbonyl (C=O) groups is 2. The molecule has 1 aromatic rings. The standard InChI is InChI=1S/C14H20F2N5O9P/c1-6(10(23)18-2)20-31(26,27)28-5-7-9(22)14(15,16)11(29-7)21-4-3-8(19-13(21)25)30-12(17)24/h3-4,6-7,9,11,22H,5H2,1-2H3,(H2,17,24)(H,18,23)(H2,20,26,27)/t6?,7-,9-,11-/m1/s1. The van der Waals surface area contributed by atoms with Crippen LogP contribution in [-0.2, 0) is 18.6 Å². The number of rotatable bonds is 8. The van der Waals surface area contributed by atoms with Crippen molar-refractivity contribution < 1.29 is 46.9 Å². The van der Waals surface area contributed by atoms with Gasteiger partial charge >= 0.3 is 25.5 Å². The number of aromatic nitrogens is 2. The number of halogens is 2. The minimum Gasteiger partial charge on any atom is -0.391 e. The summed E-state index contributed by atoms with van der Waals surface area (Å²) in [4.78, 5) is 47.1. The first-order valence-electron chi connectivity index (χ1n) is 8.53. The summed E-state index contributed by atoms with van der Waals surface area (Å²) in [5, 5.41) is 14.1. The number of aliphatic hydroxyl groups is 1. The molecule has 1 fully saturated rings. The largest absolute Gasteiger partial charge is 0.411 e. The van der Waals surface area contributed by atoms with Crippen molar-refractivity contribution in [3.63, 3.8) is 0 Å². The summed E-state index contributed by atoms with van der Waals surface area (Å²) in [6, 6.07) is -0.274. The van der Waals surface area contributed by atoms with Gasteiger partial charge in [0.05, 0.1) is 12.6 Å². The highest BCUT2D eigenvalue weighted by Crippen LogP contribution is 2.44. The van der Waals surface area contributed by atoms with E-state index in [1.54, 1.807) is 0 Å². The van der Waals surface area contributed by atoms with Crippen molar-refractivity contribution in [1.29, 1.82) is 0 Å². The van der Waals surface area contributed by atoms with E-state index in [0.717, 1.165) is 12.3 Å². The van der Waals surface area contributed by atoms with Crippen LogP contribution in [0.25, 0.3) is 0 Å². The van der Waals surface area contributed by atoms with Crippen LogP contribution in [0.15, 0.2) is 17.1 Å². The molecule has 5 atom stereocenters. The number of hydrogen-bond acceptors (Lipinski definition) is 9. The van der Waals surface area contributed by atoms with Crippen LogP contribution in [0, 0.1) is 0 Å². The molecule has 6 N–H and O–H groups in total. The lowest BCUT2D eigenvalue weighted by atomic mass is 10.1. The van der Waals surface area contributed by atoms with Crippen molar-refractivity contribution in [2.75, 3.05) is 13.7 Å². The number of amides is 2. The second-order valence-electron chi connectivity index (χ2n) is 6.30. The molecular weight excluding hydrogens is 451 g/mol. The van der Waals surface area contributed by atoms with E-state index >= 15 is 0 Å². The fraction of sp³-hybridized carbons (Fsp3) is 0.571. The minimum absolute atomic E-state index is 0.321. The molecule has 2 rings (SSSR count). The number of hydrogen-bond donors (Lipinski definition) is 5. The summed E-state index contributed by atoms with van der Waals surface area (Å²) < 4.78 is 55.3. The number of alkyl halides is 2. The molecule has 0 bridgehead atoms. The van der Waals surface area contributed by atoms with Gasteiger partial charge in [-0.15, -0.1) is 0 Å². The number of aliphatic hydroxyl groups excluding tert-OH is 1. The van der Waals surface area contributed by atoms with Crippen LogP contribution in [0.3, 0.4) is 0 Å². The first-order valence-corrected chi connectivity index (χ1v) is 10.1. The van der Waals surface area contributed by atoms with E-state index in [-0.39, 0.29) is 0 Å². The molecule has 14 nitrogen and oxygen atoms in total. The molecule has 2 amide bonds. The molecule has 1 aliphatic rings. The lowest BCUT2D eigenvalue weighted by molar-refractivity contribution is -0.141. The summed E-state index contributed by atoms with van der Waals surface area (Å²) in [5.41, 5.74) is 3.45. The number of primary amides is 1. The van der Waals surface area contributed by atoms with Crippen LogP contribution < -0.4 is 26.6 Å². The van der Waals surface area contributed by atoms with E-state index in [1.165, 1.54) is 14.0 Å². The Morgan fingerprint density at radius 2 is 2.16 bits per heavy atom. The molecule has 1 saturated heterocycles. The predicted octanol–water partition coefficient (Wildman–Crippen LogP) is -1.56. The van der Waals surface area contributed by atoms with E-state index in [9.17, 15) is 37.7 Å². The monoisotopic (exact) mass is 471 g/mol. The molecule has 31 heavy (non-hydrogen) atoms. The maximum Gasteiger partial charge on any atom is 0.411 e. The zero-order chi connectivity index (χ0) is 23.6. The van der Waals surface area contributed by atoms with Crippen molar-refractivity contribution >= 4 is 19.7 Å². The van der Waals surface area contributed by atoms with Crippen LogP contribution in [-0.4, -0.2) is 69.4 Å². The van der Waals surface area contributed by atoms with Crippen LogP contribution in [0.4, 0.5) is 13.6 Å². The number of nitrogens with zero attached hydrogens (tertiary/aromatic N) is 2. The molecule has 0 saturated carbocycles. The lowest BCUT2D eigenvalue weighted by Crippen LogP contribution is -2.42. The van der Waals surface area contributed by atoms with Gasteiger partial charge in [-0.25, -0.2) is 19.2 Å². The molecule has 2 unspecified atom stereocenters. The van der Waals surface area contributed by atoms with E-state index in [2.05, 4.69) is 19.6 Å². The maximum absolute atomic E-state index is 14.5. The molecule has 1 aliphatic heterocycles. The third-order valence-corrected chi connectivity index (χ3v) is 5.26. The van der Waals surface area contributed by atoms with E-state index in [0.29, 0.717) is 4.57 Å². The number of likely N-dealkylation sites (N-methyl/N-ethyl adjacent to an activating group) is 1. The first-order chi connectivity index (χ1) is 14.3. The van der Waals surface area contributed by atoms with Crippen LogP contribution in [0.5, 0.6) is 5.88 Å². The average molecular weight is 471 g/mol. The van der Waals surface area contributed by atoms with Crippen molar-refractivity contribution in [3.05, 3.63) is 22.7 Å². The van der Waals surface area contributed by atoms with E-state index in [1.807, 2.05) is 5.09 Å². The van der Waals surface area contributed by atoms with Gasteiger partial charge in [-0.2, -0.15) is 13.8 Å². The Hall–Kier alpha value is -2.49. The maximum atomic E-state index is 14.5. The van der Waals surface area contributed by atoms with Gasteiger partial charge in [0.1, 0.15) is 6.10 Å². The average Bonchev–Trinajstić information content (AvgIpc) is 2.88. The number of carbonyl (C=O) groups excluding carboxylic acids is 2. The molecule has 0 aromatic carbocycles. The summed E-state index contributed by atoms with van der Waals surface area (Å²) in [6.07, 6.45) is -7.22. The molecule has 0 aliphatic carbocycles. The van der Waals surface area contributed by atoms with Crippen molar-refractivity contribution in [2.24, 2.45) is 5.73 Å². The zero-order valence-electron chi connectivity index (χ0n) is 16.1. The minimum atomic E-state index is -4.65. The highest BCUT2D eigenvalue weighted by molar-refractivity contribution is 7.50. The number of ether oxygens (including phenoxy) is 2. The lowest BCUT2D eigenvalue weighted by Gasteiger charge is -2.21. The van der Waals surface area contributed by atoms with Gasteiger partial charge in [-0.1, -0.05) is 0 Å². The van der Waals surface area contributed by atoms with E-state index in [4.69, 9.17) is 10.5 Å². The van der Waals surface area contributed by atoms with Crippen molar-refractivity contribution in [3.8, 4) is 5.88 Å². The quantitative estimate of drug-likeness (QED) is 0.274. The van der Waals surface area contributed by atoms with Gasteiger partial charge in [0.2, 0.25) is 18.0 Å². The van der Waals surface area contributed by atoms with Crippen molar-refractivity contribution in [1.82, 2.24) is 20.0 Å². The van der Waals surface area contributed by atoms with Crippen LogP contribution in [0.2, 0.25) is 0 Å². The van der Waals surface area contributed by atoms with Gasteiger partial charge < -0.3 is 30.5 Å². The van der Waals surface area contributed by atoms with Gasteiger partial charge in [-0.05, 0) is 6.92 Å². The van der Waals surface area contributed by atoms with Gasteiger partial charge in [0, 0.05) is 19.3 Å². The summed E-state index contributed by atoms with van der Waals surface area (Å²) in [7, 11) is -3.36. The Kier molecular flexibility index (Phi) is 7.46. The highest BCUT2D eigenvalue weighted by Gasteiger charge is 2.60. The Bertz CT molecular complexity index is 945. The normalized spacial score (nSPS) is 25.4. The van der Waals surface area contributed by atoms with Gasteiger partial charge in [0.15, 0.2) is 6.10 Å². The highest BCUT2D eigenvalue weighted by atomic mass is 31.2.